The standard InChI is InChI=1S/C15H18ClN3O/c1-4-11(3)19-15(20)12(8-17)9-18-14-7-13(16)6-5-10(14)2/h5-7,9,11,18H,4H2,1-3H3,(H,19,20)/b12-9-. The molecule has 1 aromatic rings. The Balaban J connectivity index is 2.83. The van der Waals surface area contributed by atoms with Gasteiger partial charge >= 0.3 is 0 Å². The second kappa shape index (κ2) is 7.56. The Bertz CT molecular complexity index is 561. The highest BCUT2D eigenvalue weighted by atomic mass is 35.5. The first-order valence-electron chi connectivity index (χ1n) is 6.41. The number of nitriles is 1. The molecule has 5 heteroatoms. The van der Waals surface area contributed by atoms with Crippen LogP contribution < -0.4 is 10.6 Å². The molecule has 1 unspecified atom stereocenters. The van der Waals surface area contributed by atoms with Crippen molar-refractivity contribution < 1.29 is 4.79 Å². The van der Waals surface area contributed by atoms with E-state index in [1.807, 2.05) is 32.9 Å². The van der Waals surface area contributed by atoms with E-state index in [0.29, 0.717) is 5.02 Å². The van der Waals surface area contributed by atoms with E-state index < -0.39 is 0 Å². The first-order valence-corrected chi connectivity index (χ1v) is 6.79. The molecule has 1 rings (SSSR count). The maximum absolute atomic E-state index is 11.8. The quantitative estimate of drug-likeness (QED) is 0.645. The summed E-state index contributed by atoms with van der Waals surface area (Å²) in [6.07, 6.45) is 2.21. The van der Waals surface area contributed by atoms with Gasteiger partial charge in [0.05, 0.1) is 0 Å². The highest BCUT2D eigenvalue weighted by Crippen LogP contribution is 2.20. The van der Waals surface area contributed by atoms with Gasteiger partial charge in [-0.25, -0.2) is 0 Å². The number of anilines is 1. The minimum atomic E-state index is -0.381. The first-order chi connectivity index (χ1) is 9.47. The fourth-order valence-corrected chi connectivity index (χ4v) is 1.62. The number of nitrogens with zero attached hydrogens (tertiary/aromatic N) is 1. The Kier molecular flexibility index (Phi) is 6.08. The number of benzene rings is 1. The van der Waals surface area contributed by atoms with Gasteiger partial charge in [-0.2, -0.15) is 5.26 Å². The Labute approximate surface area is 124 Å². The third-order valence-electron chi connectivity index (χ3n) is 2.93. The zero-order chi connectivity index (χ0) is 15.1. The maximum atomic E-state index is 11.8. The van der Waals surface area contributed by atoms with Crippen LogP contribution in [0.5, 0.6) is 0 Å². The maximum Gasteiger partial charge on any atom is 0.263 e. The highest BCUT2D eigenvalue weighted by Gasteiger charge is 2.11. The molecule has 0 spiro atoms. The van der Waals surface area contributed by atoms with Crippen LogP contribution in [0, 0.1) is 18.3 Å². The molecule has 0 saturated carbocycles. The highest BCUT2D eigenvalue weighted by molar-refractivity contribution is 6.30. The summed E-state index contributed by atoms with van der Waals surface area (Å²) >= 11 is 5.91. The molecular formula is C15H18ClN3O. The van der Waals surface area contributed by atoms with Gasteiger partial charge in [0.15, 0.2) is 0 Å². The van der Waals surface area contributed by atoms with Crippen LogP contribution in [0.1, 0.15) is 25.8 Å². The molecule has 0 aliphatic carbocycles. The van der Waals surface area contributed by atoms with Gasteiger partial charge in [0.1, 0.15) is 11.6 Å². The number of halogens is 1. The molecule has 0 aliphatic heterocycles. The molecule has 0 saturated heterocycles. The Morgan fingerprint density at radius 2 is 2.25 bits per heavy atom. The molecule has 1 atom stereocenters. The normalized spacial score (nSPS) is 12.4. The van der Waals surface area contributed by atoms with Crippen molar-refractivity contribution in [1.82, 2.24) is 5.32 Å². The van der Waals surface area contributed by atoms with Gasteiger partial charge in [0, 0.05) is 23.0 Å². The second-order valence-electron chi connectivity index (χ2n) is 4.56. The van der Waals surface area contributed by atoms with Crippen molar-refractivity contribution in [3.05, 3.63) is 40.6 Å². The molecule has 0 heterocycles. The van der Waals surface area contributed by atoms with Crippen molar-refractivity contribution in [2.24, 2.45) is 0 Å². The van der Waals surface area contributed by atoms with Crippen LogP contribution >= 0.6 is 11.6 Å². The van der Waals surface area contributed by atoms with Crippen LogP contribution in [0.25, 0.3) is 0 Å². The van der Waals surface area contributed by atoms with Crippen molar-refractivity contribution in [2.75, 3.05) is 5.32 Å². The zero-order valence-corrected chi connectivity index (χ0v) is 12.6. The van der Waals surface area contributed by atoms with Gasteiger partial charge < -0.3 is 10.6 Å². The molecule has 4 nitrogen and oxygen atoms in total. The lowest BCUT2D eigenvalue weighted by molar-refractivity contribution is -0.117. The van der Waals surface area contributed by atoms with Crippen molar-refractivity contribution >= 4 is 23.2 Å². The van der Waals surface area contributed by atoms with E-state index in [9.17, 15) is 4.79 Å². The molecule has 1 aromatic carbocycles. The van der Waals surface area contributed by atoms with Gasteiger partial charge in [0.25, 0.3) is 5.91 Å². The lowest BCUT2D eigenvalue weighted by Crippen LogP contribution is -2.33. The fourth-order valence-electron chi connectivity index (χ4n) is 1.45. The van der Waals surface area contributed by atoms with Gasteiger partial charge in [0.2, 0.25) is 0 Å². The average molecular weight is 292 g/mol. The monoisotopic (exact) mass is 291 g/mol. The number of rotatable bonds is 5. The summed E-state index contributed by atoms with van der Waals surface area (Å²) in [6, 6.07) is 7.32. The summed E-state index contributed by atoms with van der Waals surface area (Å²) in [5.41, 5.74) is 1.77. The van der Waals surface area contributed by atoms with Gasteiger partial charge in [-0.15, -0.1) is 0 Å². The summed E-state index contributed by atoms with van der Waals surface area (Å²) in [5, 5.41) is 15.3. The van der Waals surface area contributed by atoms with E-state index in [2.05, 4.69) is 10.6 Å². The lowest BCUT2D eigenvalue weighted by Gasteiger charge is -2.11. The molecule has 0 aliphatic rings. The molecule has 0 fully saturated rings. The van der Waals surface area contributed by atoms with Gasteiger partial charge in [-0.1, -0.05) is 24.6 Å². The van der Waals surface area contributed by atoms with Crippen LogP contribution in [0.4, 0.5) is 5.69 Å². The zero-order valence-electron chi connectivity index (χ0n) is 11.8. The molecule has 0 bridgehead atoms. The van der Waals surface area contributed by atoms with Gasteiger partial charge in [-0.3, -0.25) is 4.79 Å². The largest absolute Gasteiger partial charge is 0.360 e. The summed E-state index contributed by atoms with van der Waals surface area (Å²) in [5.74, 6) is -0.381. The summed E-state index contributed by atoms with van der Waals surface area (Å²) in [7, 11) is 0. The number of carbonyl (C=O) groups excluding carboxylic acids is 1. The molecule has 20 heavy (non-hydrogen) atoms. The van der Waals surface area contributed by atoms with Crippen LogP contribution in [-0.4, -0.2) is 11.9 Å². The molecule has 0 aromatic heterocycles. The number of hydrogen-bond acceptors (Lipinski definition) is 3. The van der Waals surface area contributed by atoms with E-state index in [0.717, 1.165) is 17.7 Å². The molecule has 1 amide bonds. The van der Waals surface area contributed by atoms with E-state index >= 15 is 0 Å². The van der Waals surface area contributed by atoms with Gasteiger partial charge in [-0.05, 0) is 38.0 Å². The van der Waals surface area contributed by atoms with Crippen LogP contribution in [-0.2, 0) is 4.79 Å². The lowest BCUT2D eigenvalue weighted by atomic mass is 10.2. The third kappa shape index (κ3) is 4.60. The van der Waals surface area contributed by atoms with Crippen LogP contribution in [0.2, 0.25) is 5.02 Å². The predicted molar refractivity (Wildman–Crippen MR) is 81.4 cm³/mol. The second-order valence-corrected chi connectivity index (χ2v) is 4.99. The first kappa shape index (κ1) is 16.1. The van der Waals surface area contributed by atoms with E-state index in [4.69, 9.17) is 16.9 Å². The average Bonchev–Trinajstić information content (AvgIpc) is 2.42. The van der Waals surface area contributed by atoms with Crippen molar-refractivity contribution in [3.63, 3.8) is 0 Å². The number of amides is 1. The Morgan fingerprint density at radius 1 is 1.55 bits per heavy atom. The van der Waals surface area contributed by atoms with E-state index in [1.165, 1.54) is 6.20 Å². The Morgan fingerprint density at radius 3 is 2.85 bits per heavy atom. The summed E-state index contributed by atoms with van der Waals surface area (Å²) < 4.78 is 0. The fraction of sp³-hybridized carbons (Fsp3) is 0.333. The molecule has 0 radical (unpaired) electrons. The molecule has 2 N–H and O–H groups in total. The Hall–Kier alpha value is -1.99. The minimum Gasteiger partial charge on any atom is -0.360 e. The third-order valence-corrected chi connectivity index (χ3v) is 3.16. The molecule has 106 valence electrons. The van der Waals surface area contributed by atoms with Crippen LogP contribution in [0.15, 0.2) is 30.0 Å². The summed E-state index contributed by atoms with van der Waals surface area (Å²) in [6.45, 7) is 5.77. The minimum absolute atomic E-state index is 0.0321. The predicted octanol–water partition coefficient (Wildman–Crippen LogP) is 3.38. The van der Waals surface area contributed by atoms with Crippen LogP contribution in [0.3, 0.4) is 0 Å². The summed E-state index contributed by atoms with van der Waals surface area (Å²) in [4.78, 5) is 11.8. The smallest absolute Gasteiger partial charge is 0.263 e. The number of carbonyl (C=O) groups is 1. The number of aryl methyl sites for hydroxylation is 1. The van der Waals surface area contributed by atoms with Crippen molar-refractivity contribution in [2.45, 2.75) is 33.2 Å². The topological polar surface area (TPSA) is 64.9 Å². The van der Waals surface area contributed by atoms with E-state index in [-0.39, 0.29) is 17.5 Å². The van der Waals surface area contributed by atoms with E-state index in [1.54, 1.807) is 12.1 Å². The number of hydrogen-bond donors (Lipinski definition) is 2. The van der Waals surface area contributed by atoms with Crippen molar-refractivity contribution in [1.29, 1.82) is 5.26 Å². The molecular weight excluding hydrogens is 274 g/mol. The number of nitrogens with one attached hydrogen (secondary N) is 2. The SMILES string of the molecule is CCC(C)NC(=O)/C(C#N)=C\Nc1cc(Cl)ccc1C. The van der Waals surface area contributed by atoms with Crippen molar-refractivity contribution in [3.8, 4) is 6.07 Å².